The van der Waals surface area contributed by atoms with Crippen molar-refractivity contribution in [2.75, 3.05) is 26.1 Å². The van der Waals surface area contributed by atoms with Gasteiger partial charge >= 0.3 is 0 Å². The van der Waals surface area contributed by atoms with E-state index >= 15 is 0 Å². The first-order valence-electron chi connectivity index (χ1n) is 9.06. The molecule has 2 amide bonds. The molecule has 0 bridgehead atoms. The number of ether oxygens (including phenoxy) is 2. The minimum absolute atomic E-state index is 0.139. The van der Waals surface area contributed by atoms with Crippen molar-refractivity contribution in [3.63, 3.8) is 0 Å². The van der Waals surface area contributed by atoms with Crippen molar-refractivity contribution in [3.8, 4) is 11.5 Å². The molecule has 0 atom stereocenters. The number of hydrogen-bond donors (Lipinski definition) is 1. The molecular weight excluding hydrogens is 444 g/mol. The van der Waals surface area contributed by atoms with E-state index in [1.165, 1.54) is 35.1 Å². The third-order valence-electron chi connectivity index (χ3n) is 4.01. The van der Waals surface area contributed by atoms with E-state index in [2.05, 4.69) is 22.4 Å². The van der Waals surface area contributed by atoms with Crippen molar-refractivity contribution < 1.29 is 19.1 Å². The van der Waals surface area contributed by atoms with Gasteiger partial charge in [-0.15, -0.1) is 10.2 Å². The Labute approximate surface area is 187 Å². The molecule has 11 heteroatoms. The van der Waals surface area contributed by atoms with Crippen LogP contribution in [0.15, 0.2) is 23.1 Å². The number of likely N-dealkylation sites (N-methyl/N-ethyl adjacent to an activating group) is 1. The van der Waals surface area contributed by atoms with Gasteiger partial charge in [0, 0.05) is 13.5 Å². The van der Waals surface area contributed by atoms with E-state index in [-0.39, 0.29) is 18.4 Å². The first kappa shape index (κ1) is 22.2. The summed E-state index contributed by atoms with van der Waals surface area (Å²) in [7, 11) is 3.15. The number of amides is 2. The number of benzene rings is 1. The summed E-state index contributed by atoms with van der Waals surface area (Å²) >= 11 is 7.74. The lowest BCUT2D eigenvalue weighted by atomic mass is 10.2. The molecule has 1 fully saturated rings. The number of rotatable bonds is 8. The lowest BCUT2D eigenvalue weighted by Crippen LogP contribution is -2.22. The van der Waals surface area contributed by atoms with Crippen molar-refractivity contribution in [2.45, 2.75) is 19.8 Å². The number of thiocarbonyl (C=S) groups is 1. The maximum absolute atomic E-state index is 12.1. The Morgan fingerprint density at radius 1 is 1.33 bits per heavy atom. The highest BCUT2D eigenvalue weighted by molar-refractivity contribution is 8.26. The summed E-state index contributed by atoms with van der Waals surface area (Å²) < 4.78 is 11.5. The van der Waals surface area contributed by atoms with Gasteiger partial charge < -0.3 is 9.47 Å². The Kier molecular flexibility index (Phi) is 7.40. The van der Waals surface area contributed by atoms with Crippen LogP contribution in [0.25, 0.3) is 6.08 Å². The van der Waals surface area contributed by atoms with Gasteiger partial charge in [-0.25, -0.2) is 0 Å². The number of hydrogen-bond acceptors (Lipinski definition) is 9. The molecule has 1 aliphatic heterocycles. The molecule has 2 heterocycles. The number of carbonyl (C=O) groups excluding carboxylic acids is 2. The first-order chi connectivity index (χ1) is 14.4. The second kappa shape index (κ2) is 10.0. The highest BCUT2D eigenvalue weighted by Crippen LogP contribution is 2.34. The van der Waals surface area contributed by atoms with Gasteiger partial charge in [0.15, 0.2) is 18.1 Å². The second-order valence-electron chi connectivity index (χ2n) is 6.24. The van der Waals surface area contributed by atoms with Crippen molar-refractivity contribution in [1.82, 2.24) is 15.1 Å². The molecule has 1 N–H and O–H groups in total. The molecule has 1 aromatic carbocycles. The fraction of sp³-hybridized carbons (Fsp3) is 0.316. The lowest BCUT2D eigenvalue weighted by molar-refractivity contribution is -0.121. The zero-order chi connectivity index (χ0) is 21.7. The van der Waals surface area contributed by atoms with Crippen LogP contribution >= 0.6 is 35.3 Å². The van der Waals surface area contributed by atoms with Crippen molar-refractivity contribution >= 4 is 62.7 Å². The van der Waals surface area contributed by atoms with Crippen LogP contribution < -0.4 is 14.8 Å². The maximum Gasteiger partial charge on any atom is 0.265 e. The molecule has 2 aromatic rings. The topological polar surface area (TPSA) is 93.6 Å². The van der Waals surface area contributed by atoms with Gasteiger partial charge in [-0.2, -0.15) is 0 Å². The minimum atomic E-state index is -0.341. The van der Waals surface area contributed by atoms with Gasteiger partial charge in [-0.3, -0.25) is 19.8 Å². The number of thioether (sulfide) groups is 1. The Bertz CT molecular complexity index is 1010. The van der Waals surface area contributed by atoms with Gasteiger partial charge in [0.2, 0.25) is 5.13 Å². The molecule has 0 unspecified atom stereocenters. The Morgan fingerprint density at radius 2 is 2.13 bits per heavy atom. The smallest absolute Gasteiger partial charge is 0.265 e. The number of nitrogens with zero attached hydrogens (tertiary/aromatic N) is 3. The van der Waals surface area contributed by atoms with Gasteiger partial charge in [-0.1, -0.05) is 48.3 Å². The van der Waals surface area contributed by atoms with Gasteiger partial charge in [0.25, 0.3) is 11.8 Å². The highest BCUT2D eigenvalue weighted by Gasteiger charge is 2.28. The molecular formula is C19H20N4O4S3. The SMILES string of the molecule is CCCc1nnc(NC(=O)COc2ccc(/C=C3\SC(=S)N(C)C3=O)cc2OC)s1. The third-order valence-corrected chi connectivity index (χ3v) is 6.39. The fourth-order valence-corrected chi connectivity index (χ4v) is 4.54. The van der Waals surface area contributed by atoms with Crippen LogP contribution in [0.5, 0.6) is 11.5 Å². The predicted octanol–water partition coefficient (Wildman–Crippen LogP) is 3.35. The molecule has 1 aliphatic rings. The second-order valence-corrected chi connectivity index (χ2v) is 8.98. The molecule has 8 nitrogen and oxygen atoms in total. The van der Waals surface area contributed by atoms with E-state index in [1.807, 2.05) is 0 Å². The average Bonchev–Trinajstić information content (AvgIpc) is 3.26. The summed E-state index contributed by atoms with van der Waals surface area (Å²) in [6.45, 7) is 1.85. The molecule has 3 rings (SSSR count). The molecule has 0 spiro atoms. The van der Waals surface area contributed by atoms with Crippen LogP contribution in [-0.4, -0.2) is 52.0 Å². The van der Waals surface area contributed by atoms with E-state index in [9.17, 15) is 9.59 Å². The zero-order valence-electron chi connectivity index (χ0n) is 16.6. The van der Waals surface area contributed by atoms with Gasteiger partial charge in [-0.05, 0) is 30.2 Å². The minimum Gasteiger partial charge on any atom is -0.493 e. The number of aromatic nitrogens is 2. The Balaban J connectivity index is 1.63. The average molecular weight is 465 g/mol. The molecule has 0 radical (unpaired) electrons. The summed E-state index contributed by atoms with van der Waals surface area (Å²) in [5.41, 5.74) is 0.759. The Hall–Kier alpha value is -2.50. The predicted molar refractivity (Wildman–Crippen MR) is 122 cm³/mol. The van der Waals surface area contributed by atoms with E-state index in [0.29, 0.717) is 25.9 Å². The van der Waals surface area contributed by atoms with Gasteiger partial charge in [0.05, 0.1) is 12.0 Å². The highest BCUT2D eigenvalue weighted by atomic mass is 32.2. The molecule has 0 aliphatic carbocycles. The number of carbonyl (C=O) groups is 2. The van der Waals surface area contributed by atoms with Crippen LogP contribution in [0.3, 0.4) is 0 Å². The number of anilines is 1. The van der Waals surface area contributed by atoms with Crippen LogP contribution in [0, 0.1) is 0 Å². The summed E-state index contributed by atoms with van der Waals surface area (Å²) in [5, 5.41) is 12.0. The maximum atomic E-state index is 12.1. The van der Waals surface area contributed by atoms with Crippen molar-refractivity contribution in [1.29, 1.82) is 0 Å². The molecule has 0 saturated carbocycles. The van der Waals surface area contributed by atoms with E-state index in [0.717, 1.165) is 23.4 Å². The summed E-state index contributed by atoms with van der Waals surface area (Å²) in [5.74, 6) is 0.383. The molecule has 1 aromatic heterocycles. The van der Waals surface area contributed by atoms with E-state index in [1.54, 1.807) is 31.3 Å². The van der Waals surface area contributed by atoms with E-state index in [4.69, 9.17) is 21.7 Å². The standard InChI is InChI=1S/C19H20N4O4S3/c1-4-5-16-21-22-18(30-16)20-15(24)10-27-12-7-6-11(8-13(12)26-3)9-14-17(25)23(2)19(28)29-14/h6-9H,4-5,10H2,1-3H3,(H,20,22,24)/b14-9-. The fourth-order valence-electron chi connectivity index (χ4n) is 2.51. The summed E-state index contributed by atoms with van der Waals surface area (Å²) in [6, 6.07) is 5.20. The zero-order valence-corrected chi connectivity index (χ0v) is 19.1. The van der Waals surface area contributed by atoms with Gasteiger partial charge in [0.1, 0.15) is 9.33 Å². The lowest BCUT2D eigenvalue weighted by Gasteiger charge is -2.11. The van der Waals surface area contributed by atoms with E-state index < -0.39 is 0 Å². The Morgan fingerprint density at radius 3 is 2.80 bits per heavy atom. The molecule has 158 valence electrons. The molecule has 30 heavy (non-hydrogen) atoms. The monoisotopic (exact) mass is 464 g/mol. The number of nitrogens with one attached hydrogen (secondary N) is 1. The quantitative estimate of drug-likeness (QED) is 0.470. The largest absolute Gasteiger partial charge is 0.493 e. The van der Waals surface area contributed by atoms with Crippen LogP contribution in [0.1, 0.15) is 23.9 Å². The normalized spacial score (nSPS) is 15.0. The first-order valence-corrected chi connectivity index (χ1v) is 11.1. The number of methoxy groups -OCH3 is 1. The van der Waals surface area contributed by atoms with Crippen LogP contribution in [0.2, 0.25) is 0 Å². The summed E-state index contributed by atoms with van der Waals surface area (Å²) in [6.07, 6.45) is 3.54. The van der Waals surface area contributed by atoms with Crippen LogP contribution in [0.4, 0.5) is 5.13 Å². The van der Waals surface area contributed by atoms with Crippen molar-refractivity contribution in [2.24, 2.45) is 0 Å². The summed E-state index contributed by atoms with van der Waals surface area (Å²) in [4.78, 5) is 26.3. The molecule has 1 saturated heterocycles. The van der Waals surface area contributed by atoms with Crippen molar-refractivity contribution in [3.05, 3.63) is 33.7 Å². The number of aryl methyl sites for hydroxylation is 1. The van der Waals surface area contributed by atoms with Crippen LogP contribution in [-0.2, 0) is 16.0 Å². The third kappa shape index (κ3) is 5.35.